The maximum absolute atomic E-state index is 12.1. The highest BCUT2D eigenvalue weighted by atomic mass is 19.4. The van der Waals surface area contributed by atoms with Gasteiger partial charge in [0.25, 0.3) is 0 Å². The van der Waals surface area contributed by atoms with Crippen molar-refractivity contribution in [2.45, 2.75) is 26.4 Å². The molecule has 0 aromatic heterocycles. The molecule has 2 aliphatic rings. The molecule has 0 heterocycles. The van der Waals surface area contributed by atoms with Crippen molar-refractivity contribution < 1.29 is 18.0 Å². The molecule has 0 aliphatic heterocycles. The van der Waals surface area contributed by atoms with Crippen LogP contribution in [0.2, 0.25) is 0 Å². The molecule has 0 aromatic carbocycles. The van der Waals surface area contributed by atoms with Crippen LogP contribution in [0.3, 0.4) is 0 Å². The number of carbonyl (C=O) groups excluding carboxylic acids is 1. The van der Waals surface area contributed by atoms with Gasteiger partial charge in [0.2, 0.25) is 0 Å². The van der Waals surface area contributed by atoms with Crippen molar-refractivity contribution in [3.05, 3.63) is 23.4 Å². The van der Waals surface area contributed by atoms with Gasteiger partial charge in [-0.15, -0.1) is 0 Å². The second-order valence-electron chi connectivity index (χ2n) is 4.52. The van der Waals surface area contributed by atoms with E-state index < -0.39 is 12.1 Å². The van der Waals surface area contributed by atoms with Gasteiger partial charge in [0, 0.05) is 11.1 Å². The summed E-state index contributed by atoms with van der Waals surface area (Å²) in [5.41, 5.74) is 1.19. The molecule has 2 atom stereocenters. The Morgan fingerprint density at radius 2 is 2.19 bits per heavy atom. The smallest absolute Gasteiger partial charge is 0.318 e. The van der Waals surface area contributed by atoms with E-state index in [1.54, 1.807) is 12.2 Å². The number of nitrogens with one attached hydrogen (secondary N) is 1. The number of fused-ring (bicyclic) bond motifs is 1. The Labute approximate surface area is 91.2 Å². The first kappa shape index (κ1) is 11.2. The molecule has 1 amide bonds. The van der Waals surface area contributed by atoms with Crippen molar-refractivity contribution in [3.8, 4) is 0 Å². The van der Waals surface area contributed by atoms with Crippen LogP contribution in [0.15, 0.2) is 23.4 Å². The second-order valence-corrected chi connectivity index (χ2v) is 4.52. The Morgan fingerprint density at radius 1 is 1.56 bits per heavy atom. The predicted octanol–water partition coefficient (Wildman–Crippen LogP) is 2.53. The fourth-order valence-corrected chi connectivity index (χ4v) is 2.33. The Morgan fingerprint density at radius 3 is 2.75 bits per heavy atom. The summed E-state index contributed by atoms with van der Waals surface area (Å²) in [5.74, 6) is -1.66. The molecule has 2 aliphatic carbocycles. The van der Waals surface area contributed by atoms with Gasteiger partial charge < -0.3 is 5.32 Å². The molecule has 0 saturated heterocycles. The van der Waals surface area contributed by atoms with Gasteiger partial charge in [-0.25, -0.2) is 0 Å². The number of hydrogen-bond donors (Lipinski definition) is 1. The highest BCUT2D eigenvalue weighted by Crippen LogP contribution is 2.63. The van der Waals surface area contributed by atoms with Crippen LogP contribution in [0.4, 0.5) is 13.2 Å². The maximum Gasteiger partial charge on any atom is 0.471 e. The predicted molar refractivity (Wildman–Crippen MR) is 52.3 cm³/mol. The highest BCUT2D eigenvalue weighted by Gasteiger charge is 2.55. The van der Waals surface area contributed by atoms with Crippen molar-refractivity contribution in [1.29, 1.82) is 0 Å². The van der Waals surface area contributed by atoms with Crippen LogP contribution in [0.5, 0.6) is 0 Å². The molecule has 5 heteroatoms. The molecule has 2 unspecified atom stereocenters. The van der Waals surface area contributed by atoms with Gasteiger partial charge in [-0.05, 0) is 24.0 Å². The monoisotopic (exact) mass is 231 g/mol. The van der Waals surface area contributed by atoms with E-state index >= 15 is 0 Å². The van der Waals surface area contributed by atoms with Crippen LogP contribution in [-0.2, 0) is 4.79 Å². The lowest BCUT2D eigenvalue weighted by molar-refractivity contribution is -0.172. The third-order valence-corrected chi connectivity index (χ3v) is 3.54. The molecule has 0 spiro atoms. The lowest BCUT2D eigenvalue weighted by Gasteiger charge is -2.13. The average molecular weight is 231 g/mol. The van der Waals surface area contributed by atoms with E-state index in [2.05, 4.69) is 0 Å². The minimum atomic E-state index is -4.83. The van der Waals surface area contributed by atoms with Crippen molar-refractivity contribution in [2.75, 3.05) is 0 Å². The number of alkyl halides is 3. The Bertz CT molecular complexity index is 408. The van der Waals surface area contributed by atoms with Gasteiger partial charge in [-0.3, -0.25) is 4.79 Å². The maximum atomic E-state index is 12.1. The minimum absolute atomic E-state index is 0.0526. The zero-order chi connectivity index (χ0) is 12.1. The summed E-state index contributed by atoms with van der Waals surface area (Å²) in [5, 5.41) is 1.93. The van der Waals surface area contributed by atoms with Gasteiger partial charge >= 0.3 is 12.1 Å². The Balaban J connectivity index is 2.18. The van der Waals surface area contributed by atoms with Crippen molar-refractivity contribution in [3.63, 3.8) is 0 Å². The van der Waals surface area contributed by atoms with Crippen LogP contribution in [-0.4, -0.2) is 12.1 Å². The van der Waals surface area contributed by atoms with Gasteiger partial charge in [0.05, 0.1) is 0 Å². The molecule has 0 radical (unpaired) electrons. The first-order chi connectivity index (χ1) is 7.27. The summed E-state index contributed by atoms with van der Waals surface area (Å²) in [6, 6.07) is 0. The Kier molecular flexibility index (Phi) is 2.19. The zero-order valence-corrected chi connectivity index (χ0v) is 8.98. The Hall–Kier alpha value is -1.26. The van der Waals surface area contributed by atoms with Crippen molar-refractivity contribution in [1.82, 2.24) is 5.32 Å². The van der Waals surface area contributed by atoms with Crippen molar-refractivity contribution in [2.24, 2.45) is 11.3 Å². The molecule has 2 nitrogen and oxygen atoms in total. The average Bonchev–Trinajstić information content (AvgIpc) is 2.69. The van der Waals surface area contributed by atoms with Gasteiger partial charge in [-0.1, -0.05) is 19.9 Å². The first-order valence-corrected chi connectivity index (χ1v) is 5.06. The van der Waals surface area contributed by atoms with E-state index in [-0.39, 0.29) is 11.3 Å². The molecular formula is C11H12F3NO. The summed E-state index contributed by atoms with van der Waals surface area (Å²) in [4.78, 5) is 10.8. The summed E-state index contributed by atoms with van der Waals surface area (Å²) >= 11 is 0. The fourth-order valence-electron chi connectivity index (χ4n) is 2.33. The molecule has 1 fully saturated rings. The summed E-state index contributed by atoms with van der Waals surface area (Å²) in [7, 11) is 0. The largest absolute Gasteiger partial charge is 0.471 e. The van der Waals surface area contributed by atoms with E-state index in [0.29, 0.717) is 5.70 Å². The molecule has 1 saturated carbocycles. The van der Waals surface area contributed by atoms with Crippen LogP contribution < -0.4 is 5.32 Å². The third-order valence-electron chi connectivity index (χ3n) is 3.54. The summed E-state index contributed by atoms with van der Waals surface area (Å²) < 4.78 is 36.2. The SMILES string of the molecule is CC1C2=C(NC(=O)C(F)(F)F)C=CCC21C. The molecular weight excluding hydrogens is 219 g/mol. The molecule has 88 valence electrons. The molecule has 1 N–H and O–H groups in total. The quantitative estimate of drug-likeness (QED) is 0.738. The normalized spacial score (nSPS) is 32.4. The third kappa shape index (κ3) is 1.54. The van der Waals surface area contributed by atoms with Crippen LogP contribution in [0.1, 0.15) is 20.3 Å². The number of amides is 1. The number of hydrogen-bond acceptors (Lipinski definition) is 1. The molecule has 0 aromatic rings. The van der Waals surface area contributed by atoms with Crippen LogP contribution >= 0.6 is 0 Å². The van der Waals surface area contributed by atoms with Gasteiger partial charge in [0.15, 0.2) is 0 Å². The number of allylic oxidation sites excluding steroid dienone is 3. The van der Waals surface area contributed by atoms with Gasteiger partial charge in [0.1, 0.15) is 0 Å². The number of rotatable bonds is 1. The highest BCUT2D eigenvalue weighted by molar-refractivity contribution is 5.84. The van der Waals surface area contributed by atoms with Crippen molar-refractivity contribution >= 4 is 5.91 Å². The summed E-state index contributed by atoms with van der Waals surface area (Å²) in [6.45, 7) is 3.96. The van der Waals surface area contributed by atoms with Crippen LogP contribution in [0, 0.1) is 11.3 Å². The van der Waals surface area contributed by atoms with Crippen LogP contribution in [0.25, 0.3) is 0 Å². The van der Waals surface area contributed by atoms with E-state index in [4.69, 9.17) is 0 Å². The topological polar surface area (TPSA) is 29.1 Å². The molecule has 0 bridgehead atoms. The number of halogens is 3. The lowest BCUT2D eigenvalue weighted by Crippen LogP contribution is -2.36. The lowest BCUT2D eigenvalue weighted by atomic mass is 9.98. The fraction of sp³-hybridized carbons (Fsp3) is 0.545. The zero-order valence-electron chi connectivity index (χ0n) is 8.98. The standard InChI is InChI=1S/C11H12F3NO/c1-6-8-7(4-3-5-10(6,8)2)15-9(16)11(12,13)14/h3-4,6H,5H2,1-2H3,(H,15,16). The number of carbonyl (C=O) groups is 1. The minimum Gasteiger partial charge on any atom is -0.318 e. The second kappa shape index (κ2) is 3.12. The molecule has 16 heavy (non-hydrogen) atoms. The summed E-state index contributed by atoms with van der Waals surface area (Å²) in [6.07, 6.45) is -0.633. The van der Waals surface area contributed by atoms with E-state index in [1.807, 2.05) is 19.2 Å². The first-order valence-electron chi connectivity index (χ1n) is 5.06. The van der Waals surface area contributed by atoms with E-state index in [0.717, 1.165) is 12.0 Å². The van der Waals surface area contributed by atoms with E-state index in [1.165, 1.54) is 0 Å². The molecule has 2 rings (SSSR count). The van der Waals surface area contributed by atoms with Gasteiger partial charge in [-0.2, -0.15) is 13.2 Å². The van der Waals surface area contributed by atoms with E-state index in [9.17, 15) is 18.0 Å².